The van der Waals surface area contributed by atoms with Gasteiger partial charge < -0.3 is 15.0 Å². The molecule has 11 heteroatoms. The second-order valence-corrected chi connectivity index (χ2v) is 7.35. The van der Waals surface area contributed by atoms with Gasteiger partial charge in [0.1, 0.15) is 0 Å². The Morgan fingerprint density at radius 1 is 1.13 bits per heavy atom. The maximum atomic E-state index is 13.4. The van der Waals surface area contributed by atoms with E-state index >= 15 is 0 Å². The van der Waals surface area contributed by atoms with Gasteiger partial charge in [0.15, 0.2) is 16.3 Å². The lowest BCUT2D eigenvalue weighted by Crippen LogP contribution is -2.44. The second-order valence-electron chi connectivity index (χ2n) is 6.41. The zero-order valence-electron chi connectivity index (χ0n) is 17.7. The number of piperazine rings is 1. The van der Waals surface area contributed by atoms with E-state index in [0.717, 1.165) is 37.9 Å². The summed E-state index contributed by atoms with van der Waals surface area (Å²) < 4.78 is 8.02. The first kappa shape index (κ1) is 24.6. The summed E-state index contributed by atoms with van der Waals surface area (Å²) in [5, 5.41) is 3.70. The lowest BCUT2D eigenvalue weighted by Gasteiger charge is -2.28. The molecule has 0 unspecified atom stereocenters. The Labute approximate surface area is 191 Å². The molecule has 0 spiro atoms. The minimum atomic E-state index is -0.396. The van der Waals surface area contributed by atoms with Crippen molar-refractivity contribution in [3.8, 4) is 23.7 Å². The average Bonchev–Trinajstić information content (AvgIpc) is 3.14. The van der Waals surface area contributed by atoms with Gasteiger partial charge in [-0.3, -0.25) is 18.7 Å². The normalized spacial score (nSPS) is 12.9. The van der Waals surface area contributed by atoms with Crippen LogP contribution in [0.1, 0.15) is 13.8 Å². The van der Waals surface area contributed by atoms with Gasteiger partial charge in [-0.25, -0.2) is 4.98 Å². The number of nitrogens with one attached hydrogen (secondary N) is 1. The van der Waals surface area contributed by atoms with Crippen LogP contribution >= 0.6 is 24.2 Å². The molecular formula is C20H25ClN6O3S. The summed E-state index contributed by atoms with van der Waals surface area (Å²) in [5.41, 5.74) is 0.494. The van der Waals surface area contributed by atoms with Crippen molar-refractivity contribution in [1.29, 1.82) is 0 Å². The number of aromatic nitrogens is 4. The number of imidazole rings is 1. The third-order valence-corrected chi connectivity index (χ3v) is 5.53. The van der Waals surface area contributed by atoms with Crippen LogP contribution < -0.4 is 15.8 Å². The summed E-state index contributed by atoms with van der Waals surface area (Å²) >= 11 is 1.14. The summed E-state index contributed by atoms with van der Waals surface area (Å²) in [5.74, 6) is 12.0. The molecule has 0 aliphatic carbocycles. The second kappa shape index (κ2) is 11.7. The minimum Gasteiger partial charge on any atom is -0.468 e. The summed E-state index contributed by atoms with van der Waals surface area (Å²) in [6.07, 6.45) is 0. The molecule has 0 bridgehead atoms. The van der Waals surface area contributed by atoms with E-state index in [0.29, 0.717) is 28.8 Å². The standard InChI is InChI=1S/C20H24N6O3S.ClH/c1-4-6-10-25-16-17(22-19(25)24-12-8-21-9-13-24)23-20(30-14-15(27)29-3)26(18(16)28)11-7-5-2;/h21H,8-14H2,1-3H3;1H. The van der Waals surface area contributed by atoms with E-state index in [1.54, 1.807) is 13.8 Å². The monoisotopic (exact) mass is 464 g/mol. The van der Waals surface area contributed by atoms with Crippen molar-refractivity contribution in [1.82, 2.24) is 24.4 Å². The molecular weight excluding hydrogens is 440 g/mol. The van der Waals surface area contributed by atoms with Crippen LogP contribution in [-0.4, -0.2) is 64.1 Å². The van der Waals surface area contributed by atoms with Crippen LogP contribution in [0, 0.1) is 23.7 Å². The molecule has 3 rings (SSSR count). The molecule has 9 nitrogen and oxygen atoms in total. The molecule has 0 atom stereocenters. The van der Waals surface area contributed by atoms with E-state index in [1.165, 1.54) is 11.7 Å². The first-order chi connectivity index (χ1) is 14.6. The topological polar surface area (TPSA) is 94.3 Å². The Hall–Kier alpha value is -2.66. The number of anilines is 1. The van der Waals surface area contributed by atoms with Crippen molar-refractivity contribution >= 4 is 47.3 Å². The van der Waals surface area contributed by atoms with E-state index in [9.17, 15) is 9.59 Å². The van der Waals surface area contributed by atoms with Crippen molar-refractivity contribution in [2.45, 2.75) is 32.1 Å². The summed E-state index contributed by atoms with van der Waals surface area (Å²) in [6.45, 7) is 7.23. The third kappa shape index (κ3) is 5.53. The highest BCUT2D eigenvalue weighted by atomic mass is 35.5. The molecule has 1 aliphatic heterocycles. The van der Waals surface area contributed by atoms with Crippen LogP contribution in [0.4, 0.5) is 5.95 Å². The molecule has 1 fully saturated rings. The van der Waals surface area contributed by atoms with Gasteiger partial charge >= 0.3 is 5.97 Å². The minimum absolute atomic E-state index is 0. The van der Waals surface area contributed by atoms with Crippen molar-refractivity contribution in [2.24, 2.45) is 0 Å². The van der Waals surface area contributed by atoms with E-state index in [1.807, 2.05) is 4.57 Å². The highest BCUT2D eigenvalue weighted by Crippen LogP contribution is 2.23. The first-order valence-electron chi connectivity index (χ1n) is 9.56. The summed E-state index contributed by atoms with van der Waals surface area (Å²) in [4.78, 5) is 36.5. The Morgan fingerprint density at radius 2 is 1.77 bits per heavy atom. The quantitative estimate of drug-likeness (QED) is 0.289. The molecule has 31 heavy (non-hydrogen) atoms. The molecule has 1 N–H and O–H groups in total. The zero-order valence-corrected chi connectivity index (χ0v) is 19.4. The van der Waals surface area contributed by atoms with Gasteiger partial charge in [0, 0.05) is 26.2 Å². The molecule has 3 heterocycles. The highest BCUT2D eigenvalue weighted by Gasteiger charge is 2.24. The van der Waals surface area contributed by atoms with Crippen LogP contribution in [0.5, 0.6) is 0 Å². The van der Waals surface area contributed by atoms with E-state index < -0.39 is 5.97 Å². The van der Waals surface area contributed by atoms with Crippen LogP contribution in [0.2, 0.25) is 0 Å². The Morgan fingerprint density at radius 3 is 2.39 bits per heavy atom. The van der Waals surface area contributed by atoms with Crippen LogP contribution in [0.3, 0.4) is 0 Å². The number of carbonyl (C=O) groups is 1. The fourth-order valence-electron chi connectivity index (χ4n) is 3.09. The number of thioether (sulfide) groups is 1. The number of fused-ring (bicyclic) bond motifs is 1. The SMILES string of the molecule is CC#CCn1c(SCC(=O)OC)nc2nc(N3CCNCC3)n(CC#CC)c2c1=O.Cl. The third-order valence-electron chi connectivity index (χ3n) is 4.58. The lowest BCUT2D eigenvalue weighted by atomic mass is 10.4. The Bertz CT molecular complexity index is 1120. The number of hydrogen-bond donors (Lipinski definition) is 1. The first-order valence-corrected chi connectivity index (χ1v) is 10.5. The smallest absolute Gasteiger partial charge is 0.316 e. The maximum absolute atomic E-state index is 13.4. The van der Waals surface area contributed by atoms with Gasteiger partial charge in [0.25, 0.3) is 5.56 Å². The predicted molar refractivity (Wildman–Crippen MR) is 124 cm³/mol. The molecule has 2 aromatic rings. The van der Waals surface area contributed by atoms with Crippen LogP contribution in [-0.2, 0) is 22.6 Å². The van der Waals surface area contributed by atoms with Gasteiger partial charge in [-0.15, -0.1) is 24.2 Å². The predicted octanol–water partition coefficient (Wildman–Crippen LogP) is 0.736. The van der Waals surface area contributed by atoms with Crippen molar-refractivity contribution in [2.75, 3.05) is 43.9 Å². The fraction of sp³-hybridized carbons (Fsp3) is 0.500. The van der Waals surface area contributed by atoms with Gasteiger partial charge in [0.05, 0.1) is 26.0 Å². The molecule has 0 amide bonds. The summed E-state index contributed by atoms with van der Waals surface area (Å²) in [6, 6.07) is 0. The van der Waals surface area contributed by atoms with Crippen molar-refractivity contribution in [3.05, 3.63) is 10.4 Å². The van der Waals surface area contributed by atoms with E-state index in [2.05, 4.69) is 43.9 Å². The van der Waals surface area contributed by atoms with E-state index in [-0.39, 0.29) is 30.3 Å². The van der Waals surface area contributed by atoms with Crippen molar-refractivity contribution in [3.63, 3.8) is 0 Å². The molecule has 166 valence electrons. The zero-order chi connectivity index (χ0) is 21.5. The lowest BCUT2D eigenvalue weighted by molar-refractivity contribution is -0.137. The number of hydrogen-bond acceptors (Lipinski definition) is 8. The van der Waals surface area contributed by atoms with Crippen molar-refractivity contribution < 1.29 is 9.53 Å². The van der Waals surface area contributed by atoms with Crippen LogP contribution in [0.15, 0.2) is 9.95 Å². The largest absolute Gasteiger partial charge is 0.468 e. The summed E-state index contributed by atoms with van der Waals surface area (Å²) in [7, 11) is 1.32. The van der Waals surface area contributed by atoms with Gasteiger partial charge in [-0.1, -0.05) is 23.6 Å². The molecule has 1 saturated heterocycles. The number of carbonyl (C=O) groups excluding carboxylic acids is 1. The Kier molecular flexibility index (Phi) is 9.25. The van der Waals surface area contributed by atoms with Gasteiger partial charge in [-0.05, 0) is 13.8 Å². The number of ether oxygens (including phenoxy) is 1. The number of rotatable bonds is 6. The van der Waals surface area contributed by atoms with Crippen LogP contribution in [0.25, 0.3) is 11.2 Å². The maximum Gasteiger partial charge on any atom is 0.316 e. The molecule has 0 aromatic carbocycles. The molecule has 2 aromatic heterocycles. The number of nitrogens with zero attached hydrogens (tertiary/aromatic N) is 5. The van der Waals surface area contributed by atoms with Gasteiger partial charge in [0.2, 0.25) is 5.95 Å². The molecule has 1 aliphatic rings. The average molecular weight is 465 g/mol. The van der Waals surface area contributed by atoms with Gasteiger partial charge in [-0.2, -0.15) is 4.98 Å². The number of halogens is 1. The fourth-order valence-corrected chi connectivity index (χ4v) is 3.91. The van der Waals surface area contributed by atoms with E-state index in [4.69, 9.17) is 4.74 Å². The Balaban J connectivity index is 0.00000341. The number of methoxy groups -OCH3 is 1. The number of esters is 1. The molecule has 0 radical (unpaired) electrons. The highest BCUT2D eigenvalue weighted by molar-refractivity contribution is 7.99. The molecule has 0 saturated carbocycles.